The van der Waals surface area contributed by atoms with Gasteiger partial charge in [0.05, 0.1) is 0 Å². The fourth-order valence-corrected chi connectivity index (χ4v) is 3.65. The van der Waals surface area contributed by atoms with Crippen molar-refractivity contribution in [2.45, 2.75) is 13.8 Å². The van der Waals surface area contributed by atoms with Gasteiger partial charge >= 0.3 is 0 Å². The maximum Gasteiger partial charge on any atom is 0.248 e. The topological polar surface area (TPSA) is 35.6 Å². The van der Waals surface area contributed by atoms with Crippen molar-refractivity contribution in [3.05, 3.63) is 52.2 Å². The number of thiophene rings is 1. The minimum atomic E-state index is -0.0985. The van der Waals surface area contributed by atoms with Crippen molar-refractivity contribution in [1.29, 1.82) is 0 Å². The number of amides is 1. The van der Waals surface area contributed by atoms with E-state index >= 15 is 0 Å². The highest BCUT2D eigenvalue weighted by Crippen LogP contribution is 2.24. The van der Waals surface area contributed by atoms with Gasteiger partial charge in [0.2, 0.25) is 5.91 Å². The number of carbonyl (C=O) groups is 1. The lowest BCUT2D eigenvalue weighted by molar-refractivity contribution is -0.111. The van der Waals surface area contributed by atoms with E-state index in [0.29, 0.717) is 0 Å². The molecule has 0 saturated carbocycles. The number of aryl methyl sites for hydroxylation is 1. The number of rotatable bonds is 5. The van der Waals surface area contributed by atoms with Crippen LogP contribution in [-0.4, -0.2) is 43.5 Å². The number of hydrogen-bond acceptors (Lipinski definition) is 4. The third-order valence-electron chi connectivity index (χ3n) is 4.62. The summed E-state index contributed by atoms with van der Waals surface area (Å²) in [5.41, 5.74) is 4.25. The summed E-state index contributed by atoms with van der Waals surface area (Å²) in [7, 11) is 0. The Morgan fingerprint density at radius 2 is 2.04 bits per heavy atom. The number of anilines is 2. The molecule has 5 heteroatoms. The highest BCUT2D eigenvalue weighted by Gasteiger charge is 2.16. The molecule has 1 N–H and O–H groups in total. The second-order valence-electron chi connectivity index (χ2n) is 6.30. The molecule has 1 aromatic heterocycles. The molecule has 1 aliphatic heterocycles. The van der Waals surface area contributed by atoms with Gasteiger partial charge in [0.1, 0.15) is 0 Å². The number of nitrogens with zero attached hydrogens (tertiary/aromatic N) is 2. The minimum absolute atomic E-state index is 0.0985. The Balaban J connectivity index is 1.61. The molecule has 1 aliphatic rings. The Kier molecular flexibility index (Phi) is 5.89. The van der Waals surface area contributed by atoms with Crippen LogP contribution in [0.1, 0.15) is 18.1 Å². The predicted molar refractivity (Wildman–Crippen MR) is 107 cm³/mol. The predicted octanol–water partition coefficient (Wildman–Crippen LogP) is 3.85. The number of nitrogens with one attached hydrogen (secondary N) is 1. The van der Waals surface area contributed by atoms with Crippen LogP contribution in [0.5, 0.6) is 0 Å². The highest BCUT2D eigenvalue weighted by molar-refractivity contribution is 7.08. The summed E-state index contributed by atoms with van der Waals surface area (Å²) in [5.74, 6) is -0.0985. The molecule has 2 heterocycles. The lowest BCUT2D eigenvalue weighted by Gasteiger charge is -2.35. The third kappa shape index (κ3) is 4.71. The van der Waals surface area contributed by atoms with Crippen molar-refractivity contribution >= 4 is 34.7 Å². The highest BCUT2D eigenvalue weighted by atomic mass is 32.1. The van der Waals surface area contributed by atoms with Gasteiger partial charge in [-0.1, -0.05) is 6.92 Å². The van der Waals surface area contributed by atoms with Crippen LogP contribution in [0.3, 0.4) is 0 Å². The fourth-order valence-electron chi connectivity index (χ4n) is 3.02. The second kappa shape index (κ2) is 8.32. The number of piperazine rings is 1. The van der Waals surface area contributed by atoms with E-state index in [1.165, 1.54) is 5.69 Å². The first kappa shape index (κ1) is 17.7. The maximum absolute atomic E-state index is 12.1. The Bertz CT molecular complexity index is 731. The van der Waals surface area contributed by atoms with Crippen LogP contribution in [0.2, 0.25) is 0 Å². The summed E-state index contributed by atoms with van der Waals surface area (Å²) in [6.45, 7) is 9.72. The van der Waals surface area contributed by atoms with Gasteiger partial charge in [-0.15, -0.1) is 0 Å². The monoisotopic (exact) mass is 355 g/mol. The van der Waals surface area contributed by atoms with E-state index in [0.717, 1.165) is 49.5 Å². The molecule has 1 aromatic carbocycles. The SMILES string of the molecule is CCN1CCN(c2ccc(NC(=O)/C=C/c3ccsc3)c(C)c2)CC1. The molecule has 1 saturated heterocycles. The van der Waals surface area contributed by atoms with E-state index in [-0.39, 0.29) is 5.91 Å². The van der Waals surface area contributed by atoms with E-state index in [9.17, 15) is 4.79 Å². The van der Waals surface area contributed by atoms with Crippen LogP contribution < -0.4 is 10.2 Å². The summed E-state index contributed by atoms with van der Waals surface area (Å²) < 4.78 is 0. The smallest absolute Gasteiger partial charge is 0.248 e. The molecule has 0 bridgehead atoms. The van der Waals surface area contributed by atoms with Gasteiger partial charge in [0, 0.05) is 43.6 Å². The van der Waals surface area contributed by atoms with Crippen molar-refractivity contribution < 1.29 is 4.79 Å². The van der Waals surface area contributed by atoms with Crippen molar-refractivity contribution in [3.63, 3.8) is 0 Å². The van der Waals surface area contributed by atoms with Crippen LogP contribution in [0.15, 0.2) is 41.1 Å². The van der Waals surface area contributed by atoms with Crippen molar-refractivity contribution in [3.8, 4) is 0 Å². The van der Waals surface area contributed by atoms with E-state index in [4.69, 9.17) is 0 Å². The second-order valence-corrected chi connectivity index (χ2v) is 7.08. The van der Waals surface area contributed by atoms with E-state index in [1.54, 1.807) is 17.4 Å². The lowest BCUT2D eigenvalue weighted by Crippen LogP contribution is -2.46. The zero-order valence-electron chi connectivity index (χ0n) is 14.9. The van der Waals surface area contributed by atoms with Gasteiger partial charge in [-0.2, -0.15) is 11.3 Å². The molecule has 0 spiro atoms. The first-order valence-electron chi connectivity index (χ1n) is 8.75. The van der Waals surface area contributed by atoms with Crippen LogP contribution in [0, 0.1) is 6.92 Å². The van der Waals surface area contributed by atoms with Crippen LogP contribution >= 0.6 is 11.3 Å². The number of hydrogen-bond donors (Lipinski definition) is 1. The van der Waals surface area contributed by atoms with E-state index < -0.39 is 0 Å². The van der Waals surface area contributed by atoms with Gasteiger partial charge in [-0.25, -0.2) is 0 Å². The zero-order valence-corrected chi connectivity index (χ0v) is 15.7. The summed E-state index contributed by atoms with van der Waals surface area (Å²) in [5, 5.41) is 6.99. The Labute approximate surface area is 153 Å². The Morgan fingerprint density at radius 3 is 2.68 bits per heavy atom. The third-order valence-corrected chi connectivity index (χ3v) is 5.32. The molecular formula is C20H25N3OS. The summed E-state index contributed by atoms with van der Waals surface area (Å²) in [4.78, 5) is 17.0. The van der Waals surface area contributed by atoms with Crippen LogP contribution in [0.25, 0.3) is 6.08 Å². The molecule has 0 radical (unpaired) electrons. The van der Waals surface area contributed by atoms with Crippen molar-refractivity contribution in [2.75, 3.05) is 42.9 Å². The first-order chi connectivity index (χ1) is 12.2. The largest absolute Gasteiger partial charge is 0.369 e. The molecule has 1 amide bonds. The molecule has 25 heavy (non-hydrogen) atoms. The van der Waals surface area contributed by atoms with Gasteiger partial charge < -0.3 is 15.1 Å². The average molecular weight is 356 g/mol. The summed E-state index contributed by atoms with van der Waals surface area (Å²) in [6, 6.07) is 8.27. The maximum atomic E-state index is 12.1. The molecule has 3 rings (SSSR count). The normalized spacial score (nSPS) is 15.7. The van der Waals surface area contributed by atoms with E-state index in [2.05, 4.69) is 34.2 Å². The number of likely N-dealkylation sites (N-methyl/N-ethyl adjacent to an activating group) is 1. The minimum Gasteiger partial charge on any atom is -0.369 e. The number of benzene rings is 1. The van der Waals surface area contributed by atoms with Crippen molar-refractivity contribution in [2.24, 2.45) is 0 Å². The van der Waals surface area contributed by atoms with E-state index in [1.807, 2.05) is 35.9 Å². The van der Waals surface area contributed by atoms with Crippen LogP contribution in [-0.2, 0) is 4.79 Å². The fraction of sp³-hybridized carbons (Fsp3) is 0.350. The lowest BCUT2D eigenvalue weighted by atomic mass is 10.1. The molecular weight excluding hydrogens is 330 g/mol. The van der Waals surface area contributed by atoms with Crippen LogP contribution in [0.4, 0.5) is 11.4 Å². The Morgan fingerprint density at radius 1 is 1.24 bits per heavy atom. The molecule has 1 fully saturated rings. The summed E-state index contributed by atoms with van der Waals surface area (Å²) in [6.07, 6.45) is 3.42. The van der Waals surface area contributed by atoms with Gasteiger partial charge in [-0.05, 0) is 65.7 Å². The molecule has 0 unspecified atom stereocenters. The molecule has 0 atom stereocenters. The zero-order chi connectivity index (χ0) is 17.6. The first-order valence-corrected chi connectivity index (χ1v) is 9.69. The molecule has 132 valence electrons. The summed E-state index contributed by atoms with van der Waals surface area (Å²) >= 11 is 1.62. The van der Waals surface area contributed by atoms with Gasteiger partial charge in [0.25, 0.3) is 0 Å². The Hall–Kier alpha value is -2.11. The molecule has 0 aliphatic carbocycles. The van der Waals surface area contributed by atoms with Gasteiger partial charge in [0.15, 0.2) is 0 Å². The standard InChI is InChI=1S/C20H25N3OS/c1-3-22-9-11-23(12-10-22)18-5-6-19(16(2)14-18)21-20(24)7-4-17-8-13-25-15-17/h4-8,13-15H,3,9-12H2,1-2H3,(H,21,24)/b7-4+. The molecule has 4 nitrogen and oxygen atoms in total. The van der Waals surface area contributed by atoms with Gasteiger partial charge in [-0.3, -0.25) is 4.79 Å². The average Bonchev–Trinajstić information content (AvgIpc) is 3.15. The molecule has 2 aromatic rings. The van der Waals surface area contributed by atoms with Crippen molar-refractivity contribution in [1.82, 2.24) is 4.90 Å². The number of carbonyl (C=O) groups excluding carboxylic acids is 1. The quantitative estimate of drug-likeness (QED) is 0.828.